The molecule has 9 heteroatoms. The maximum absolute atomic E-state index is 14.0. The Balaban J connectivity index is 0.00000167. The average Bonchev–Trinajstić information content (AvgIpc) is 2.87. The maximum Gasteiger partial charge on any atom is 0.261 e. The summed E-state index contributed by atoms with van der Waals surface area (Å²) >= 11 is 0. The van der Waals surface area contributed by atoms with Crippen LogP contribution in [0.25, 0.3) is 11.1 Å². The van der Waals surface area contributed by atoms with Crippen LogP contribution in [0.2, 0.25) is 0 Å². The van der Waals surface area contributed by atoms with E-state index in [9.17, 15) is 22.3 Å². The molecule has 1 saturated heterocycles. The predicted molar refractivity (Wildman–Crippen MR) is 133 cm³/mol. The fraction of sp³-hybridized carbons (Fsp3) is 0.308. The zero-order valence-electron chi connectivity index (χ0n) is 19.7. The van der Waals surface area contributed by atoms with Gasteiger partial charge in [-0.3, -0.25) is 9.62 Å². The van der Waals surface area contributed by atoms with Crippen molar-refractivity contribution in [1.82, 2.24) is 4.90 Å². The minimum atomic E-state index is -3.90. The van der Waals surface area contributed by atoms with Gasteiger partial charge in [-0.25, -0.2) is 17.2 Å². The molecule has 4 rings (SSSR count). The van der Waals surface area contributed by atoms with E-state index < -0.39 is 21.7 Å². The maximum atomic E-state index is 14.0. The highest BCUT2D eigenvalue weighted by atomic mass is 32.2. The number of hydrogen-bond donors (Lipinski definition) is 2. The summed E-state index contributed by atoms with van der Waals surface area (Å²) in [4.78, 5) is 2.11. The standard InChI is InChI=1S/C24H24F2N2O4S.C2H6/c25-19-6-9-22(23(26)15-19)17-4-7-21(8-5-17)33(30,31)27-20-3-1-2-18(14-20)24(16-29)28-10-12-32-13-11-28;1-2/h1-9,14-15,24,27,29H,10-13,16H2;1-2H3. The van der Waals surface area contributed by atoms with Crippen LogP contribution in [0.1, 0.15) is 25.5 Å². The molecule has 1 heterocycles. The van der Waals surface area contributed by atoms with Crippen molar-refractivity contribution >= 4 is 15.7 Å². The summed E-state index contributed by atoms with van der Waals surface area (Å²) < 4.78 is 60.9. The van der Waals surface area contributed by atoms with Gasteiger partial charge in [0.05, 0.1) is 30.8 Å². The predicted octanol–water partition coefficient (Wildman–Crippen LogP) is 4.82. The molecule has 3 aromatic carbocycles. The van der Waals surface area contributed by atoms with Crippen LogP contribution in [-0.2, 0) is 14.8 Å². The summed E-state index contributed by atoms with van der Waals surface area (Å²) in [6, 6.07) is 15.6. The molecule has 1 aliphatic rings. The first-order valence-electron chi connectivity index (χ1n) is 11.5. The Morgan fingerprint density at radius 2 is 1.69 bits per heavy atom. The van der Waals surface area contributed by atoms with E-state index in [2.05, 4.69) is 9.62 Å². The Morgan fingerprint density at radius 1 is 1.00 bits per heavy atom. The van der Waals surface area contributed by atoms with Crippen molar-refractivity contribution in [1.29, 1.82) is 0 Å². The lowest BCUT2D eigenvalue weighted by molar-refractivity contribution is 0.00261. The van der Waals surface area contributed by atoms with Gasteiger partial charge >= 0.3 is 0 Å². The molecule has 0 radical (unpaired) electrons. The Kier molecular flexibility index (Phi) is 9.33. The molecule has 0 bridgehead atoms. The Hall–Kier alpha value is -2.85. The van der Waals surface area contributed by atoms with Crippen molar-refractivity contribution in [2.75, 3.05) is 37.6 Å². The minimum absolute atomic E-state index is 0.00561. The van der Waals surface area contributed by atoms with Crippen LogP contribution in [-0.4, -0.2) is 51.3 Å². The first kappa shape index (κ1) is 26.7. The van der Waals surface area contributed by atoms with Crippen molar-refractivity contribution in [3.63, 3.8) is 0 Å². The third kappa shape index (κ3) is 6.64. The third-order valence-electron chi connectivity index (χ3n) is 5.59. The van der Waals surface area contributed by atoms with Crippen molar-refractivity contribution in [2.45, 2.75) is 24.8 Å². The number of sulfonamides is 1. The molecule has 1 atom stereocenters. The van der Waals surface area contributed by atoms with Crippen LogP contribution >= 0.6 is 0 Å². The molecule has 35 heavy (non-hydrogen) atoms. The molecular formula is C26H30F2N2O4S. The van der Waals surface area contributed by atoms with Crippen molar-refractivity contribution in [3.8, 4) is 11.1 Å². The van der Waals surface area contributed by atoms with Gasteiger partial charge in [0.15, 0.2) is 0 Å². The summed E-state index contributed by atoms with van der Waals surface area (Å²) in [7, 11) is -3.90. The molecule has 0 spiro atoms. The molecule has 1 unspecified atom stereocenters. The number of aliphatic hydroxyl groups excluding tert-OH is 1. The highest BCUT2D eigenvalue weighted by molar-refractivity contribution is 7.92. The van der Waals surface area contributed by atoms with Gasteiger partial charge < -0.3 is 9.84 Å². The largest absolute Gasteiger partial charge is 0.394 e. The smallest absolute Gasteiger partial charge is 0.261 e. The number of anilines is 1. The van der Waals surface area contributed by atoms with Gasteiger partial charge in [0.1, 0.15) is 11.6 Å². The lowest BCUT2D eigenvalue weighted by atomic mass is 10.0. The molecular weight excluding hydrogens is 474 g/mol. The van der Waals surface area contributed by atoms with Crippen LogP contribution in [0.15, 0.2) is 71.6 Å². The summed E-state index contributed by atoms with van der Waals surface area (Å²) in [6.45, 7) is 6.43. The monoisotopic (exact) mass is 504 g/mol. The second-order valence-electron chi connectivity index (χ2n) is 7.73. The van der Waals surface area contributed by atoms with E-state index in [0.29, 0.717) is 37.6 Å². The Labute approximate surface area is 205 Å². The lowest BCUT2D eigenvalue weighted by Crippen LogP contribution is -2.40. The number of aliphatic hydroxyl groups is 1. The first-order valence-corrected chi connectivity index (χ1v) is 13.0. The number of halogens is 2. The number of ether oxygens (including phenoxy) is 1. The molecule has 0 saturated carbocycles. The normalized spacial score (nSPS) is 15.1. The van der Waals surface area contributed by atoms with Crippen LogP contribution in [0.4, 0.5) is 14.5 Å². The number of nitrogens with one attached hydrogen (secondary N) is 1. The van der Waals surface area contributed by atoms with Crippen LogP contribution in [0, 0.1) is 11.6 Å². The average molecular weight is 505 g/mol. The van der Waals surface area contributed by atoms with E-state index in [-0.39, 0.29) is 23.1 Å². The number of rotatable bonds is 7. The second kappa shape index (κ2) is 12.2. The summed E-state index contributed by atoms with van der Waals surface area (Å²) in [5, 5.41) is 9.92. The van der Waals surface area contributed by atoms with Crippen LogP contribution in [0.3, 0.4) is 0 Å². The number of morpholine rings is 1. The first-order chi connectivity index (χ1) is 16.9. The van der Waals surface area contributed by atoms with E-state index in [1.54, 1.807) is 18.2 Å². The van der Waals surface area contributed by atoms with E-state index in [4.69, 9.17) is 4.74 Å². The van der Waals surface area contributed by atoms with Gasteiger partial charge in [-0.1, -0.05) is 38.1 Å². The quantitative estimate of drug-likeness (QED) is 0.482. The van der Waals surface area contributed by atoms with E-state index in [1.165, 1.54) is 30.3 Å². The van der Waals surface area contributed by atoms with E-state index >= 15 is 0 Å². The zero-order valence-corrected chi connectivity index (χ0v) is 20.6. The fourth-order valence-electron chi connectivity index (χ4n) is 3.88. The number of benzene rings is 3. The Morgan fingerprint density at radius 3 is 2.31 bits per heavy atom. The van der Waals surface area contributed by atoms with E-state index in [0.717, 1.165) is 17.7 Å². The van der Waals surface area contributed by atoms with Gasteiger partial charge in [0, 0.05) is 30.4 Å². The van der Waals surface area contributed by atoms with Crippen molar-refractivity contribution < 1.29 is 27.0 Å². The molecule has 0 aliphatic carbocycles. The molecule has 3 aromatic rings. The van der Waals surface area contributed by atoms with E-state index in [1.807, 2.05) is 19.9 Å². The molecule has 0 amide bonds. The minimum Gasteiger partial charge on any atom is -0.394 e. The topological polar surface area (TPSA) is 78.9 Å². The van der Waals surface area contributed by atoms with Gasteiger partial charge in [-0.15, -0.1) is 0 Å². The van der Waals surface area contributed by atoms with Gasteiger partial charge in [0.25, 0.3) is 10.0 Å². The van der Waals surface area contributed by atoms with Crippen LogP contribution < -0.4 is 4.72 Å². The molecule has 2 N–H and O–H groups in total. The highest BCUT2D eigenvalue weighted by Crippen LogP contribution is 2.27. The molecule has 6 nitrogen and oxygen atoms in total. The number of hydrogen-bond acceptors (Lipinski definition) is 5. The fourth-order valence-corrected chi connectivity index (χ4v) is 4.93. The van der Waals surface area contributed by atoms with Crippen molar-refractivity contribution in [3.05, 3.63) is 83.9 Å². The Bertz CT molecular complexity index is 1210. The molecule has 1 fully saturated rings. The zero-order chi connectivity index (χ0) is 25.4. The second-order valence-corrected chi connectivity index (χ2v) is 9.41. The third-order valence-corrected chi connectivity index (χ3v) is 6.99. The summed E-state index contributed by atoms with van der Waals surface area (Å²) in [5.41, 5.74) is 1.78. The number of nitrogens with zero attached hydrogens (tertiary/aromatic N) is 1. The molecule has 0 aromatic heterocycles. The van der Waals surface area contributed by atoms with Crippen LogP contribution in [0.5, 0.6) is 0 Å². The summed E-state index contributed by atoms with van der Waals surface area (Å²) in [6.07, 6.45) is 0. The molecule has 188 valence electrons. The van der Waals surface area contributed by atoms with Crippen molar-refractivity contribution in [2.24, 2.45) is 0 Å². The van der Waals surface area contributed by atoms with Gasteiger partial charge in [0.2, 0.25) is 0 Å². The van der Waals surface area contributed by atoms with Gasteiger partial charge in [-0.2, -0.15) is 0 Å². The SMILES string of the molecule is CC.O=S(=O)(Nc1cccc(C(CO)N2CCOCC2)c1)c1ccc(-c2ccc(F)cc2F)cc1. The van der Waals surface area contributed by atoms with Gasteiger partial charge in [-0.05, 0) is 47.5 Å². The lowest BCUT2D eigenvalue weighted by Gasteiger charge is -2.33. The summed E-state index contributed by atoms with van der Waals surface area (Å²) in [5.74, 6) is -1.40. The highest BCUT2D eigenvalue weighted by Gasteiger charge is 2.23. The molecule has 1 aliphatic heterocycles.